The van der Waals surface area contributed by atoms with Crippen molar-refractivity contribution >= 4 is 23.0 Å². The molecule has 1 aromatic heterocycles. The number of imidazole rings is 1. The minimum absolute atomic E-state index is 0.0882. The lowest BCUT2D eigenvalue weighted by Gasteiger charge is -2.14. The van der Waals surface area contributed by atoms with Crippen LogP contribution in [0, 0.1) is 0 Å². The maximum Gasteiger partial charge on any atom is 0.246 e. The highest BCUT2D eigenvalue weighted by Gasteiger charge is 2.14. The molecule has 0 atom stereocenters. The van der Waals surface area contributed by atoms with E-state index in [0.29, 0.717) is 12.3 Å². The molecule has 0 saturated carbocycles. The molecule has 26 heavy (non-hydrogen) atoms. The molecule has 0 bridgehead atoms. The lowest BCUT2D eigenvalue weighted by atomic mass is 10.2. The Labute approximate surface area is 151 Å². The summed E-state index contributed by atoms with van der Waals surface area (Å²) in [5, 5.41) is 0. The van der Waals surface area contributed by atoms with Crippen LogP contribution >= 0.6 is 0 Å². The van der Waals surface area contributed by atoms with Gasteiger partial charge < -0.3 is 18.9 Å². The van der Waals surface area contributed by atoms with Crippen molar-refractivity contribution in [2.75, 3.05) is 13.8 Å². The van der Waals surface area contributed by atoms with Crippen molar-refractivity contribution in [1.29, 1.82) is 0 Å². The first-order chi connectivity index (χ1) is 12.6. The molecule has 0 radical (unpaired) electrons. The monoisotopic (exact) mass is 349 g/mol. The molecule has 0 saturated heterocycles. The van der Waals surface area contributed by atoms with Crippen LogP contribution in [0.3, 0.4) is 0 Å². The topological polar surface area (TPSA) is 56.6 Å². The normalized spacial score (nSPS) is 12.8. The van der Waals surface area contributed by atoms with Gasteiger partial charge in [-0.1, -0.05) is 18.2 Å². The number of ether oxygens (including phenoxy) is 2. The van der Waals surface area contributed by atoms with E-state index in [1.54, 1.807) is 24.1 Å². The second kappa shape index (κ2) is 6.55. The number of hydrogen-bond acceptors (Lipinski definition) is 4. The fourth-order valence-corrected chi connectivity index (χ4v) is 2.94. The van der Waals surface area contributed by atoms with Gasteiger partial charge in [0.05, 0.1) is 17.6 Å². The van der Waals surface area contributed by atoms with Gasteiger partial charge in [-0.2, -0.15) is 0 Å². The van der Waals surface area contributed by atoms with E-state index < -0.39 is 0 Å². The smallest absolute Gasteiger partial charge is 0.246 e. The zero-order valence-corrected chi connectivity index (χ0v) is 14.7. The zero-order chi connectivity index (χ0) is 18.1. The highest BCUT2D eigenvalue weighted by Crippen LogP contribution is 2.32. The van der Waals surface area contributed by atoms with Crippen LogP contribution in [0.2, 0.25) is 0 Å². The van der Waals surface area contributed by atoms with Crippen LogP contribution in [-0.2, 0) is 18.4 Å². The molecule has 0 N–H and O–H groups in total. The van der Waals surface area contributed by atoms with E-state index >= 15 is 0 Å². The van der Waals surface area contributed by atoms with Crippen molar-refractivity contribution < 1.29 is 14.3 Å². The Morgan fingerprint density at radius 2 is 2.04 bits per heavy atom. The molecule has 1 amide bonds. The molecule has 1 aliphatic rings. The molecule has 2 heterocycles. The quantitative estimate of drug-likeness (QED) is 0.680. The molecule has 132 valence electrons. The minimum atomic E-state index is -0.0882. The Hall–Kier alpha value is -3.28. The van der Waals surface area contributed by atoms with E-state index in [1.165, 1.54) is 0 Å². The van der Waals surface area contributed by atoms with Crippen molar-refractivity contribution in [1.82, 2.24) is 14.5 Å². The summed E-state index contributed by atoms with van der Waals surface area (Å²) in [6.07, 6.45) is 3.33. The van der Waals surface area contributed by atoms with E-state index in [9.17, 15) is 4.79 Å². The van der Waals surface area contributed by atoms with Crippen molar-refractivity contribution in [3.05, 3.63) is 59.9 Å². The van der Waals surface area contributed by atoms with Crippen LogP contribution in [0.25, 0.3) is 17.1 Å². The Bertz CT molecular complexity index is 1010. The number of nitrogens with zero attached hydrogens (tertiary/aromatic N) is 3. The van der Waals surface area contributed by atoms with E-state index in [4.69, 9.17) is 9.47 Å². The Balaban J connectivity index is 1.46. The van der Waals surface area contributed by atoms with Gasteiger partial charge in [0, 0.05) is 20.2 Å². The van der Waals surface area contributed by atoms with Gasteiger partial charge in [0.2, 0.25) is 12.7 Å². The van der Waals surface area contributed by atoms with Gasteiger partial charge in [0.15, 0.2) is 11.5 Å². The third-order valence-electron chi connectivity index (χ3n) is 4.45. The number of likely N-dealkylation sites (N-methyl/N-ethyl adjacent to an activating group) is 1. The molecular weight excluding hydrogens is 330 g/mol. The molecule has 6 heteroatoms. The van der Waals surface area contributed by atoms with Gasteiger partial charge in [0.25, 0.3) is 0 Å². The average molecular weight is 349 g/mol. The maximum atomic E-state index is 12.4. The van der Waals surface area contributed by atoms with Crippen LogP contribution in [0.1, 0.15) is 11.4 Å². The summed E-state index contributed by atoms with van der Waals surface area (Å²) < 4.78 is 12.7. The van der Waals surface area contributed by atoms with Crippen molar-refractivity contribution in [2.45, 2.75) is 6.54 Å². The second-order valence-corrected chi connectivity index (χ2v) is 6.22. The lowest BCUT2D eigenvalue weighted by Crippen LogP contribution is -2.25. The third kappa shape index (κ3) is 3.01. The molecular formula is C20H19N3O3. The number of carbonyl (C=O) groups is 1. The summed E-state index contributed by atoms with van der Waals surface area (Å²) in [6.45, 7) is 0.678. The average Bonchev–Trinajstić information content (AvgIpc) is 3.24. The Morgan fingerprint density at radius 3 is 2.88 bits per heavy atom. The predicted molar refractivity (Wildman–Crippen MR) is 98.8 cm³/mol. The molecule has 2 aromatic carbocycles. The molecule has 0 fully saturated rings. The maximum absolute atomic E-state index is 12.4. The van der Waals surface area contributed by atoms with Gasteiger partial charge >= 0.3 is 0 Å². The largest absolute Gasteiger partial charge is 0.454 e. The van der Waals surface area contributed by atoms with Gasteiger partial charge in [-0.15, -0.1) is 0 Å². The van der Waals surface area contributed by atoms with Crippen molar-refractivity contribution in [3.8, 4) is 11.5 Å². The number of amides is 1. The molecule has 4 rings (SSSR count). The molecule has 3 aromatic rings. The van der Waals surface area contributed by atoms with E-state index in [0.717, 1.165) is 28.2 Å². The summed E-state index contributed by atoms with van der Waals surface area (Å²) in [6, 6.07) is 13.5. The van der Waals surface area contributed by atoms with Crippen LogP contribution < -0.4 is 9.47 Å². The summed E-state index contributed by atoms with van der Waals surface area (Å²) in [7, 11) is 3.73. The highest BCUT2D eigenvalue weighted by molar-refractivity contribution is 5.91. The van der Waals surface area contributed by atoms with Gasteiger partial charge in [-0.05, 0) is 35.9 Å². The van der Waals surface area contributed by atoms with Crippen molar-refractivity contribution in [2.24, 2.45) is 7.05 Å². The summed E-state index contributed by atoms with van der Waals surface area (Å²) in [4.78, 5) is 18.7. The first-order valence-corrected chi connectivity index (χ1v) is 8.35. The van der Waals surface area contributed by atoms with Crippen LogP contribution in [0.4, 0.5) is 0 Å². The molecule has 0 aliphatic carbocycles. The number of benzene rings is 2. The standard InChI is InChI=1S/C20H19N3O3/c1-22(12-19-21-15-5-3-4-6-16(15)23(19)2)20(24)10-8-14-7-9-17-18(11-14)26-13-25-17/h3-11H,12-13H2,1-2H3. The predicted octanol–water partition coefficient (Wildman–Crippen LogP) is 2.97. The lowest BCUT2D eigenvalue weighted by molar-refractivity contribution is -0.125. The number of aromatic nitrogens is 2. The van der Waals surface area contributed by atoms with Gasteiger partial charge in [-0.3, -0.25) is 4.79 Å². The highest BCUT2D eigenvalue weighted by atomic mass is 16.7. The van der Waals surface area contributed by atoms with Gasteiger partial charge in [-0.25, -0.2) is 4.98 Å². The Morgan fingerprint density at radius 1 is 1.23 bits per heavy atom. The summed E-state index contributed by atoms with van der Waals surface area (Å²) in [5.41, 5.74) is 2.87. The van der Waals surface area contributed by atoms with E-state index in [-0.39, 0.29) is 12.7 Å². The van der Waals surface area contributed by atoms with Crippen LogP contribution in [-0.4, -0.2) is 34.2 Å². The summed E-state index contributed by atoms with van der Waals surface area (Å²) >= 11 is 0. The van der Waals surface area contributed by atoms with Gasteiger partial charge in [0.1, 0.15) is 5.82 Å². The van der Waals surface area contributed by atoms with E-state index in [1.807, 2.05) is 54.1 Å². The van der Waals surface area contributed by atoms with E-state index in [2.05, 4.69) is 4.98 Å². The van der Waals surface area contributed by atoms with Crippen LogP contribution in [0.5, 0.6) is 11.5 Å². The van der Waals surface area contributed by atoms with Crippen LogP contribution in [0.15, 0.2) is 48.5 Å². The Kier molecular flexibility index (Phi) is 4.08. The molecule has 0 spiro atoms. The second-order valence-electron chi connectivity index (χ2n) is 6.22. The number of para-hydroxylation sites is 2. The number of fused-ring (bicyclic) bond motifs is 2. The first-order valence-electron chi connectivity index (χ1n) is 8.35. The third-order valence-corrected chi connectivity index (χ3v) is 4.45. The summed E-state index contributed by atoms with van der Waals surface area (Å²) in [5.74, 6) is 2.19. The number of hydrogen-bond donors (Lipinski definition) is 0. The first kappa shape index (κ1) is 16.2. The number of aryl methyl sites for hydroxylation is 1. The minimum Gasteiger partial charge on any atom is -0.454 e. The molecule has 0 unspecified atom stereocenters. The molecule has 6 nitrogen and oxygen atoms in total. The number of rotatable bonds is 4. The fraction of sp³-hybridized carbons (Fsp3) is 0.200. The number of carbonyl (C=O) groups excluding carboxylic acids is 1. The molecule has 1 aliphatic heterocycles. The zero-order valence-electron chi connectivity index (χ0n) is 14.7. The fourth-order valence-electron chi connectivity index (χ4n) is 2.94. The van der Waals surface area contributed by atoms with Crippen molar-refractivity contribution in [3.63, 3.8) is 0 Å². The SMILES string of the molecule is CN(Cc1nc2ccccc2n1C)C(=O)C=Cc1ccc2c(c1)OCO2.